The quantitative estimate of drug-likeness (QED) is 0.586. The van der Waals surface area contributed by atoms with Gasteiger partial charge < -0.3 is 20.9 Å². The Balaban J connectivity index is 2.67. The number of rotatable bonds is 9. The molecule has 4 unspecified atom stereocenters. The monoisotopic (exact) mass is 364 g/mol. The molecule has 148 valence electrons. The maximum atomic E-state index is 12.6. The lowest BCUT2D eigenvalue weighted by Crippen LogP contribution is -2.52. The molecule has 0 aliphatic carbocycles. The van der Waals surface area contributed by atoms with E-state index in [1.807, 2.05) is 58.0 Å². The summed E-state index contributed by atoms with van der Waals surface area (Å²) in [6.45, 7) is 12.0. The Morgan fingerprint density at radius 1 is 1.19 bits per heavy atom. The van der Waals surface area contributed by atoms with Gasteiger partial charge in [-0.25, -0.2) is 0 Å². The van der Waals surface area contributed by atoms with Gasteiger partial charge in [0.05, 0.1) is 6.10 Å². The number of benzene rings is 1. The topological polar surface area (TPSA) is 84.6 Å². The minimum atomic E-state index is -0.750. The molecule has 1 aromatic carbocycles. The van der Waals surface area contributed by atoms with Gasteiger partial charge in [-0.2, -0.15) is 0 Å². The second kappa shape index (κ2) is 10.0. The van der Waals surface area contributed by atoms with Crippen LogP contribution in [0.2, 0.25) is 0 Å². The maximum absolute atomic E-state index is 12.6. The van der Waals surface area contributed by atoms with E-state index in [2.05, 4.69) is 19.2 Å². The van der Waals surface area contributed by atoms with E-state index in [1.54, 1.807) is 0 Å². The highest BCUT2D eigenvalue weighted by Gasteiger charge is 2.32. The number of carbonyl (C=O) groups is 1. The smallest absolute Gasteiger partial charge is 0.323 e. The summed E-state index contributed by atoms with van der Waals surface area (Å²) in [6.07, 6.45) is -0.167. The molecule has 0 saturated heterocycles. The predicted octanol–water partition coefficient (Wildman–Crippen LogP) is 2.51. The van der Waals surface area contributed by atoms with Gasteiger partial charge in [-0.05, 0) is 44.6 Å². The zero-order valence-corrected chi connectivity index (χ0v) is 17.0. The maximum Gasteiger partial charge on any atom is 0.323 e. The van der Waals surface area contributed by atoms with Crippen molar-refractivity contribution in [1.29, 1.82) is 0 Å². The van der Waals surface area contributed by atoms with Crippen molar-refractivity contribution in [2.45, 2.75) is 71.8 Å². The van der Waals surface area contributed by atoms with Crippen LogP contribution in [-0.2, 0) is 16.0 Å². The molecule has 0 bridgehead atoms. The van der Waals surface area contributed by atoms with Crippen LogP contribution in [0, 0.1) is 11.8 Å². The lowest BCUT2D eigenvalue weighted by molar-refractivity contribution is -0.159. The molecule has 0 saturated carbocycles. The van der Waals surface area contributed by atoms with Crippen molar-refractivity contribution in [2.75, 3.05) is 6.54 Å². The molecule has 5 nitrogen and oxygen atoms in total. The van der Waals surface area contributed by atoms with Gasteiger partial charge in [0.2, 0.25) is 0 Å². The summed E-state index contributed by atoms with van der Waals surface area (Å²) in [5, 5.41) is 13.6. The lowest BCUT2D eigenvalue weighted by atomic mass is 9.89. The minimum Gasteiger partial charge on any atom is -0.459 e. The van der Waals surface area contributed by atoms with Gasteiger partial charge in [0.15, 0.2) is 0 Å². The van der Waals surface area contributed by atoms with Crippen molar-refractivity contribution < 1.29 is 14.6 Å². The van der Waals surface area contributed by atoms with Crippen molar-refractivity contribution in [3.63, 3.8) is 0 Å². The average Bonchev–Trinajstić information content (AvgIpc) is 2.53. The summed E-state index contributed by atoms with van der Waals surface area (Å²) in [5.41, 5.74) is 6.68. The Bertz CT molecular complexity index is 540. The van der Waals surface area contributed by atoms with E-state index in [9.17, 15) is 9.90 Å². The van der Waals surface area contributed by atoms with Crippen LogP contribution < -0.4 is 11.1 Å². The van der Waals surface area contributed by atoms with Crippen molar-refractivity contribution in [3.05, 3.63) is 35.9 Å². The third-order valence-corrected chi connectivity index (χ3v) is 4.59. The molecule has 1 aromatic rings. The fourth-order valence-electron chi connectivity index (χ4n) is 2.66. The van der Waals surface area contributed by atoms with Crippen molar-refractivity contribution >= 4 is 5.97 Å². The third-order valence-electron chi connectivity index (χ3n) is 4.59. The number of hydrogen-bond acceptors (Lipinski definition) is 5. The molecule has 26 heavy (non-hydrogen) atoms. The number of aliphatic hydroxyl groups excluding tert-OH is 1. The van der Waals surface area contributed by atoms with Crippen LogP contribution in [0.1, 0.15) is 47.1 Å². The Morgan fingerprint density at radius 2 is 1.77 bits per heavy atom. The van der Waals surface area contributed by atoms with E-state index in [-0.39, 0.29) is 18.4 Å². The Hall–Kier alpha value is -1.43. The fraction of sp³-hybridized carbons (Fsp3) is 0.667. The van der Waals surface area contributed by atoms with E-state index >= 15 is 0 Å². The molecule has 5 heteroatoms. The highest BCUT2D eigenvalue weighted by molar-refractivity contribution is 5.76. The van der Waals surface area contributed by atoms with Gasteiger partial charge in [-0.1, -0.05) is 51.1 Å². The van der Waals surface area contributed by atoms with E-state index in [0.717, 1.165) is 5.56 Å². The van der Waals surface area contributed by atoms with Crippen LogP contribution in [0.25, 0.3) is 0 Å². The zero-order chi connectivity index (χ0) is 19.9. The van der Waals surface area contributed by atoms with Gasteiger partial charge in [0.25, 0.3) is 0 Å². The van der Waals surface area contributed by atoms with Crippen LogP contribution in [0.5, 0.6) is 0 Å². The molecular weight excluding hydrogens is 328 g/mol. The standard InChI is InChI=1S/C21H36N2O3/c1-14(2)15(3)19(20(25)26-21(4,5)6)23-13-18(24)17(22)12-16-10-8-7-9-11-16/h7-11,14-15,17-19,23-24H,12-13,22H2,1-6H3. The van der Waals surface area contributed by atoms with E-state index < -0.39 is 23.8 Å². The summed E-state index contributed by atoms with van der Waals surface area (Å²) < 4.78 is 5.55. The molecule has 0 aliphatic heterocycles. The number of carbonyl (C=O) groups excluding carboxylic acids is 1. The average molecular weight is 365 g/mol. The number of ether oxygens (including phenoxy) is 1. The normalized spacial score (nSPS) is 16.8. The Morgan fingerprint density at radius 3 is 2.27 bits per heavy atom. The fourth-order valence-corrected chi connectivity index (χ4v) is 2.66. The third kappa shape index (κ3) is 7.85. The summed E-state index contributed by atoms with van der Waals surface area (Å²) in [6, 6.07) is 8.96. The first kappa shape index (κ1) is 22.6. The van der Waals surface area contributed by atoms with E-state index in [1.165, 1.54) is 0 Å². The van der Waals surface area contributed by atoms with E-state index in [4.69, 9.17) is 10.5 Å². The Labute approximate surface area is 158 Å². The van der Waals surface area contributed by atoms with Gasteiger partial charge in [-0.3, -0.25) is 4.79 Å². The van der Waals surface area contributed by atoms with Crippen LogP contribution in [0.4, 0.5) is 0 Å². The molecule has 0 amide bonds. The van der Waals surface area contributed by atoms with Crippen molar-refractivity contribution in [3.8, 4) is 0 Å². The first-order valence-corrected chi connectivity index (χ1v) is 9.45. The zero-order valence-electron chi connectivity index (χ0n) is 17.0. The van der Waals surface area contributed by atoms with Crippen LogP contribution in [0.3, 0.4) is 0 Å². The molecule has 0 spiro atoms. The molecule has 0 aromatic heterocycles. The van der Waals surface area contributed by atoms with Crippen LogP contribution in [-0.4, -0.2) is 41.4 Å². The number of nitrogens with two attached hydrogens (primary N) is 1. The molecule has 4 N–H and O–H groups in total. The molecule has 0 aliphatic rings. The van der Waals surface area contributed by atoms with Gasteiger partial charge >= 0.3 is 5.97 Å². The van der Waals surface area contributed by atoms with Gasteiger partial charge in [0, 0.05) is 12.6 Å². The number of nitrogens with one attached hydrogen (secondary N) is 1. The first-order chi connectivity index (χ1) is 12.0. The summed E-state index contributed by atoms with van der Waals surface area (Å²) >= 11 is 0. The van der Waals surface area contributed by atoms with E-state index in [0.29, 0.717) is 12.3 Å². The van der Waals surface area contributed by atoms with Crippen LogP contribution >= 0.6 is 0 Å². The minimum absolute atomic E-state index is 0.0717. The van der Waals surface area contributed by atoms with Gasteiger partial charge in [0.1, 0.15) is 11.6 Å². The van der Waals surface area contributed by atoms with Crippen molar-refractivity contribution in [1.82, 2.24) is 5.32 Å². The Kier molecular flexibility index (Phi) is 8.74. The molecule has 4 atom stereocenters. The van der Waals surface area contributed by atoms with Crippen LogP contribution in [0.15, 0.2) is 30.3 Å². The van der Waals surface area contributed by atoms with Crippen molar-refractivity contribution in [2.24, 2.45) is 17.6 Å². The highest BCUT2D eigenvalue weighted by atomic mass is 16.6. The summed E-state index contributed by atoms with van der Waals surface area (Å²) in [5.74, 6) is 0.0834. The molecule has 0 radical (unpaired) electrons. The number of hydrogen-bond donors (Lipinski definition) is 3. The predicted molar refractivity (Wildman–Crippen MR) is 106 cm³/mol. The molecule has 0 heterocycles. The second-order valence-electron chi connectivity index (χ2n) is 8.44. The molecule has 0 fully saturated rings. The van der Waals surface area contributed by atoms with Gasteiger partial charge in [-0.15, -0.1) is 0 Å². The highest BCUT2D eigenvalue weighted by Crippen LogP contribution is 2.19. The summed E-state index contributed by atoms with van der Waals surface area (Å²) in [4.78, 5) is 12.6. The SMILES string of the molecule is CC(C)C(C)C(NCC(O)C(N)Cc1ccccc1)C(=O)OC(C)(C)C. The molecule has 1 rings (SSSR count). The first-order valence-electron chi connectivity index (χ1n) is 9.45. The number of aliphatic hydroxyl groups is 1. The molecular formula is C21H36N2O3. The largest absolute Gasteiger partial charge is 0.459 e. The number of esters is 1. The lowest BCUT2D eigenvalue weighted by Gasteiger charge is -2.31. The summed E-state index contributed by atoms with van der Waals surface area (Å²) in [7, 11) is 0. The second-order valence-corrected chi connectivity index (χ2v) is 8.44.